The zero-order chi connectivity index (χ0) is 23.8. The van der Waals surface area contributed by atoms with E-state index in [4.69, 9.17) is 21.3 Å². The van der Waals surface area contributed by atoms with Gasteiger partial charge in [-0.05, 0) is 74.9 Å². The summed E-state index contributed by atoms with van der Waals surface area (Å²) >= 11 is 5.96. The predicted molar refractivity (Wildman–Crippen MR) is 137 cm³/mol. The Kier molecular flexibility index (Phi) is 5.92. The van der Waals surface area contributed by atoms with Gasteiger partial charge in [-0.25, -0.2) is 9.79 Å². The van der Waals surface area contributed by atoms with E-state index >= 15 is 0 Å². The fourth-order valence-corrected chi connectivity index (χ4v) is 4.54. The van der Waals surface area contributed by atoms with Crippen molar-refractivity contribution in [1.82, 2.24) is 9.80 Å². The van der Waals surface area contributed by atoms with Crippen molar-refractivity contribution in [2.24, 2.45) is 4.99 Å². The maximum Gasteiger partial charge on any atom is 0.322 e. The summed E-state index contributed by atoms with van der Waals surface area (Å²) in [5, 5.41) is 3.61. The molecule has 3 aromatic rings. The Morgan fingerprint density at radius 3 is 2.50 bits per heavy atom. The van der Waals surface area contributed by atoms with Crippen LogP contribution in [0.15, 0.2) is 65.7 Å². The van der Waals surface area contributed by atoms with Crippen LogP contribution in [0.1, 0.15) is 23.6 Å². The van der Waals surface area contributed by atoms with Crippen molar-refractivity contribution in [2.75, 3.05) is 25.0 Å². The summed E-state index contributed by atoms with van der Waals surface area (Å²) in [5.74, 6) is 2.43. The van der Waals surface area contributed by atoms with Crippen molar-refractivity contribution < 1.29 is 9.53 Å². The number of fused-ring (bicyclic) bond motifs is 2. The van der Waals surface area contributed by atoms with Gasteiger partial charge in [0, 0.05) is 36.4 Å². The number of amidine groups is 1. The Hall–Kier alpha value is -3.51. The third-order valence-electron chi connectivity index (χ3n) is 6.22. The van der Waals surface area contributed by atoms with Crippen LogP contribution in [0.25, 0.3) is 0 Å². The van der Waals surface area contributed by atoms with Gasteiger partial charge in [0.05, 0.1) is 5.56 Å². The Bertz CT molecular complexity index is 1270. The molecule has 0 aromatic heterocycles. The number of nitrogens with zero attached hydrogens (tertiary/aromatic N) is 3. The molecule has 34 heavy (non-hydrogen) atoms. The third kappa shape index (κ3) is 4.46. The van der Waals surface area contributed by atoms with Crippen molar-refractivity contribution in [2.45, 2.75) is 26.8 Å². The predicted octanol–water partition coefficient (Wildman–Crippen LogP) is 6.38. The van der Waals surface area contributed by atoms with Crippen LogP contribution in [0, 0.1) is 13.8 Å². The van der Waals surface area contributed by atoms with E-state index in [2.05, 4.69) is 36.2 Å². The Balaban J connectivity index is 1.40. The highest BCUT2D eigenvalue weighted by molar-refractivity contribution is 6.30. The quantitative estimate of drug-likeness (QED) is 0.445. The summed E-state index contributed by atoms with van der Waals surface area (Å²) in [6, 6.07) is 19.3. The van der Waals surface area contributed by atoms with E-state index < -0.39 is 0 Å². The molecule has 0 bridgehead atoms. The van der Waals surface area contributed by atoms with Gasteiger partial charge in [-0.2, -0.15) is 0 Å². The fraction of sp³-hybridized carbons (Fsp3) is 0.259. The lowest BCUT2D eigenvalue weighted by Gasteiger charge is -2.41. The number of aryl methyl sites for hydroxylation is 2. The number of hydrogen-bond donors (Lipinski definition) is 1. The molecular formula is C27H27ClN4O2. The average Bonchev–Trinajstić information content (AvgIpc) is 2.96. The van der Waals surface area contributed by atoms with E-state index in [1.807, 2.05) is 36.1 Å². The number of amides is 2. The van der Waals surface area contributed by atoms with E-state index in [9.17, 15) is 4.79 Å². The second kappa shape index (κ2) is 9.03. The molecule has 5 rings (SSSR count). The number of anilines is 1. The molecule has 0 saturated carbocycles. The highest BCUT2D eigenvalue weighted by Crippen LogP contribution is 2.39. The minimum absolute atomic E-state index is 0.00123. The highest BCUT2D eigenvalue weighted by atomic mass is 35.5. The number of hydrogen-bond acceptors (Lipinski definition) is 4. The monoisotopic (exact) mass is 474 g/mol. The molecule has 3 aromatic carbocycles. The molecule has 1 N–H and O–H groups in total. The lowest BCUT2D eigenvalue weighted by atomic mass is 10.1. The van der Waals surface area contributed by atoms with Crippen LogP contribution < -0.4 is 10.1 Å². The first kappa shape index (κ1) is 22.3. The second-order valence-corrected chi connectivity index (χ2v) is 9.37. The number of halogens is 1. The summed E-state index contributed by atoms with van der Waals surface area (Å²) in [5.41, 5.74) is 4.78. The van der Waals surface area contributed by atoms with Gasteiger partial charge in [0.2, 0.25) is 0 Å². The molecule has 2 heterocycles. The lowest BCUT2D eigenvalue weighted by Crippen LogP contribution is -2.56. The van der Waals surface area contributed by atoms with Gasteiger partial charge >= 0.3 is 6.03 Å². The van der Waals surface area contributed by atoms with Crippen LogP contribution in [0.2, 0.25) is 5.02 Å². The number of piperazine rings is 1. The number of ether oxygens (including phenoxy) is 1. The number of urea groups is 1. The minimum Gasteiger partial charge on any atom is -0.454 e. The molecule has 2 aliphatic rings. The van der Waals surface area contributed by atoms with Gasteiger partial charge < -0.3 is 19.9 Å². The Morgan fingerprint density at radius 1 is 1.00 bits per heavy atom. The summed E-state index contributed by atoms with van der Waals surface area (Å²) in [6.45, 7) is 8.11. The molecule has 0 radical (unpaired) electrons. The fourth-order valence-electron chi connectivity index (χ4n) is 4.42. The third-order valence-corrected chi connectivity index (χ3v) is 6.47. The highest BCUT2D eigenvalue weighted by Gasteiger charge is 2.31. The first-order valence-electron chi connectivity index (χ1n) is 11.4. The summed E-state index contributed by atoms with van der Waals surface area (Å²) in [4.78, 5) is 22.1. The summed E-state index contributed by atoms with van der Waals surface area (Å²) in [6.07, 6.45) is 0. The standard InChI is InChI=1S/C27H27ClN4O2/c1-17-5-11-24-22(14-17)26(30-23-10-4-18(2)15-25(23)34-24)31-12-13-32(19(3)16-31)27(33)29-21-8-6-20(28)7-9-21/h4-11,14-15,19H,12-13,16H2,1-3H3,(H,29,33). The largest absolute Gasteiger partial charge is 0.454 e. The van der Waals surface area contributed by atoms with Gasteiger partial charge in [0.25, 0.3) is 0 Å². The zero-order valence-corrected chi connectivity index (χ0v) is 20.3. The topological polar surface area (TPSA) is 57.2 Å². The van der Waals surface area contributed by atoms with Crippen LogP contribution in [0.4, 0.5) is 16.2 Å². The first-order valence-corrected chi connectivity index (χ1v) is 11.8. The van der Waals surface area contributed by atoms with Crippen LogP contribution >= 0.6 is 11.6 Å². The van der Waals surface area contributed by atoms with Gasteiger partial charge in [0.1, 0.15) is 17.3 Å². The average molecular weight is 475 g/mol. The zero-order valence-electron chi connectivity index (χ0n) is 19.5. The molecule has 0 spiro atoms. The summed E-state index contributed by atoms with van der Waals surface area (Å²) < 4.78 is 6.30. The molecule has 1 saturated heterocycles. The Labute approximate surface area is 204 Å². The van der Waals surface area contributed by atoms with Gasteiger partial charge in [0.15, 0.2) is 5.75 Å². The molecule has 0 aliphatic carbocycles. The molecule has 2 amide bonds. The molecule has 6 nitrogen and oxygen atoms in total. The minimum atomic E-state index is -0.113. The summed E-state index contributed by atoms with van der Waals surface area (Å²) in [7, 11) is 0. The molecule has 1 unspecified atom stereocenters. The molecular weight excluding hydrogens is 448 g/mol. The van der Waals surface area contributed by atoms with E-state index in [1.54, 1.807) is 24.3 Å². The molecule has 174 valence electrons. The number of carbonyl (C=O) groups is 1. The molecule has 1 atom stereocenters. The lowest BCUT2D eigenvalue weighted by molar-refractivity contribution is 0.145. The van der Waals surface area contributed by atoms with Crippen LogP contribution in [-0.4, -0.2) is 47.3 Å². The van der Waals surface area contributed by atoms with Crippen LogP contribution in [-0.2, 0) is 0 Å². The number of nitrogens with one attached hydrogen (secondary N) is 1. The van der Waals surface area contributed by atoms with Crippen LogP contribution in [0.5, 0.6) is 11.5 Å². The maximum atomic E-state index is 13.0. The van der Waals surface area contributed by atoms with Gasteiger partial charge in [-0.15, -0.1) is 0 Å². The first-order chi connectivity index (χ1) is 16.4. The van der Waals surface area contributed by atoms with Crippen molar-refractivity contribution in [1.29, 1.82) is 0 Å². The molecule has 1 fully saturated rings. The second-order valence-electron chi connectivity index (χ2n) is 8.93. The molecule has 7 heteroatoms. The molecule has 2 aliphatic heterocycles. The van der Waals surface area contributed by atoms with Gasteiger partial charge in [-0.1, -0.05) is 29.3 Å². The number of carbonyl (C=O) groups excluding carboxylic acids is 1. The van der Waals surface area contributed by atoms with E-state index in [-0.39, 0.29) is 12.1 Å². The van der Waals surface area contributed by atoms with Crippen LogP contribution in [0.3, 0.4) is 0 Å². The van der Waals surface area contributed by atoms with E-state index in [0.717, 1.165) is 45.4 Å². The van der Waals surface area contributed by atoms with Crippen molar-refractivity contribution >= 4 is 34.8 Å². The maximum absolute atomic E-state index is 13.0. The van der Waals surface area contributed by atoms with Crippen molar-refractivity contribution in [3.05, 3.63) is 82.4 Å². The number of rotatable bonds is 1. The van der Waals surface area contributed by atoms with Crippen molar-refractivity contribution in [3.63, 3.8) is 0 Å². The smallest absolute Gasteiger partial charge is 0.322 e. The number of aliphatic imine (C=N–C) groups is 1. The van der Waals surface area contributed by atoms with Gasteiger partial charge in [-0.3, -0.25) is 0 Å². The van der Waals surface area contributed by atoms with E-state index in [0.29, 0.717) is 24.7 Å². The normalized spacial score (nSPS) is 17.2. The van der Waals surface area contributed by atoms with Crippen molar-refractivity contribution in [3.8, 4) is 11.5 Å². The van der Waals surface area contributed by atoms with E-state index in [1.165, 1.54) is 0 Å². The SMILES string of the molecule is Cc1ccc2c(c1)Oc1ccc(C)cc1C(N1CCN(C(=O)Nc3ccc(Cl)cc3)C(C)C1)=N2. The Morgan fingerprint density at radius 2 is 1.74 bits per heavy atom. The number of benzene rings is 3.